The summed E-state index contributed by atoms with van der Waals surface area (Å²) in [6.45, 7) is 1.74. The zero-order valence-electron chi connectivity index (χ0n) is 14.2. The number of carbonyl (C=O) groups is 2. The van der Waals surface area contributed by atoms with Crippen molar-refractivity contribution < 1.29 is 24.2 Å². The fourth-order valence-electron chi connectivity index (χ4n) is 2.72. The van der Waals surface area contributed by atoms with Crippen LogP contribution >= 0.6 is 11.3 Å². The smallest absolute Gasteiger partial charge is 0.323 e. The van der Waals surface area contributed by atoms with E-state index in [9.17, 15) is 9.59 Å². The Balaban J connectivity index is 2.05. The Morgan fingerprint density at radius 3 is 2.60 bits per heavy atom. The van der Waals surface area contributed by atoms with Crippen molar-refractivity contribution in [3.63, 3.8) is 0 Å². The molecule has 1 fully saturated rings. The fraction of sp³-hybridized carbons (Fsp3) is 0.500. The fourth-order valence-corrected chi connectivity index (χ4v) is 3.87. The van der Waals surface area contributed by atoms with Crippen LogP contribution in [0.2, 0.25) is 0 Å². The minimum Gasteiger partial charge on any atom is -0.480 e. The lowest BCUT2D eigenvalue weighted by molar-refractivity contribution is -0.137. The predicted molar refractivity (Wildman–Crippen MR) is 91.1 cm³/mol. The first-order valence-electron chi connectivity index (χ1n) is 7.82. The van der Waals surface area contributed by atoms with Crippen LogP contribution in [0.1, 0.15) is 33.9 Å². The third-order valence-corrected chi connectivity index (χ3v) is 5.19. The average molecular weight is 365 g/mol. The molecule has 1 N–H and O–H groups in total. The maximum absolute atomic E-state index is 12.9. The molecule has 1 saturated carbocycles. The van der Waals surface area contributed by atoms with E-state index in [4.69, 9.17) is 14.6 Å². The maximum Gasteiger partial charge on any atom is 0.323 e. The van der Waals surface area contributed by atoms with Gasteiger partial charge < -0.3 is 19.5 Å². The van der Waals surface area contributed by atoms with Crippen molar-refractivity contribution in [1.82, 2.24) is 14.9 Å². The van der Waals surface area contributed by atoms with Crippen LogP contribution in [0.5, 0.6) is 5.88 Å². The van der Waals surface area contributed by atoms with Gasteiger partial charge in [-0.05, 0) is 25.3 Å². The van der Waals surface area contributed by atoms with Gasteiger partial charge >= 0.3 is 5.97 Å². The van der Waals surface area contributed by atoms with Gasteiger partial charge in [0.05, 0.1) is 17.4 Å². The number of aliphatic carboxylic acids is 1. The number of rotatable bonds is 7. The minimum atomic E-state index is -1.02. The first-order valence-corrected chi connectivity index (χ1v) is 8.63. The molecule has 9 heteroatoms. The third-order valence-electron chi connectivity index (χ3n) is 4.02. The number of aryl methyl sites for hydroxylation is 1. The number of aromatic nitrogens is 2. The Morgan fingerprint density at radius 1 is 1.32 bits per heavy atom. The summed E-state index contributed by atoms with van der Waals surface area (Å²) in [6.07, 6.45) is 1.67. The van der Waals surface area contributed by atoms with Crippen LogP contribution in [-0.4, -0.2) is 58.7 Å². The molecule has 1 amide bonds. The van der Waals surface area contributed by atoms with Crippen LogP contribution in [0.3, 0.4) is 0 Å². The molecule has 134 valence electrons. The van der Waals surface area contributed by atoms with E-state index in [1.807, 2.05) is 0 Å². The summed E-state index contributed by atoms with van der Waals surface area (Å²) < 4.78 is 10.4. The largest absolute Gasteiger partial charge is 0.480 e. The molecule has 8 nitrogen and oxygen atoms in total. The average Bonchev–Trinajstić information content (AvgIpc) is 3.36. The van der Waals surface area contributed by atoms with Gasteiger partial charge in [-0.25, -0.2) is 4.98 Å². The molecule has 0 radical (unpaired) electrons. The summed E-state index contributed by atoms with van der Waals surface area (Å²) in [5.41, 5.74) is 0.710. The molecule has 25 heavy (non-hydrogen) atoms. The van der Waals surface area contributed by atoms with E-state index in [2.05, 4.69) is 9.97 Å². The molecule has 2 aromatic rings. The van der Waals surface area contributed by atoms with E-state index in [-0.39, 0.29) is 25.1 Å². The topological polar surface area (TPSA) is 102 Å². The number of nitrogens with zero attached hydrogens (tertiary/aromatic N) is 3. The monoisotopic (exact) mass is 365 g/mol. The highest BCUT2D eigenvalue weighted by atomic mass is 32.1. The van der Waals surface area contributed by atoms with Gasteiger partial charge in [0.15, 0.2) is 5.82 Å². The van der Waals surface area contributed by atoms with Gasteiger partial charge in [-0.15, -0.1) is 11.3 Å². The molecular formula is C16H19N3O5S. The van der Waals surface area contributed by atoms with Gasteiger partial charge in [0.25, 0.3) is 5.91 Å². The second-order valence-corrected chi connectivity index (χ2v) is 6.88. The Kier molecular flexibility index (Phi) is 4.87. The van der Waals surface area contributed by atoms with Crippen LogP contribution in [-0.2, 0) is 16.1 Å². The molecule has 2 heterocycles. The highest BCUT2D eigenvalue weighted by molar-refractivity contribution is 7.20. The van der Waals surface area contributed by atoms with Crippen molar-refractivity contribution in [3.8, 4) is 5.88 Å². The molecule has 0 unspecified atom stereocenters. The molecule has 0 atom stereocenters. The van der Waals surface area contributed by atoms with Crippen molar-refractivity contribution in [3.05, 3.63) is 16.3 Å². The predicted octanol–water partition coefficient (Wildman–Crippen LogP) is 1.84. The molecular weight excluding hydrogens is 346 g/mol. The van der Waals surface area contributed by atoms with Crippen molar-refractivity contribution >= 4 is 33.4 Å². The van der Waals surface area contributed by atoms with Gasteiger partial charge in [0.1, 0.15) is 18.0 Å². The molecule has 0 bridgehead atoms. The first kappa shape index (κ1) is 17.6. The summed E-state index contributed by atoms with van der Waals surface area (Å²) in [7, 11) is 3.06. The third kappa shape index (κ3) is 3.42. The molecule has 2 aromatic heterocycles. The number of ether oxygens (including phenoxy) is 2. The standard InChI is InChI=1S/C16H19N3O5S/c1-8-12-14(24-3)17-10(7-23-2)18-15(12)25-13(8)16(22)19(6-11(20)21)9-4-5-9/h9H,4-7H2,1-3H3,(H,20,21). The van der Waals surface area contributed by atoms with E-state index in [0.717, 1.165) is 12.8 Å². The zero-order valence-corrected chi connectivity index (χ0v) is 15.1. The lowest BCUT2D eigenvalue weighted by atomic mass is 10.2. The summed E-state index contributed by atoms with van der Waals surface area (Å²) in [4.78, 5) is 35.3. The highest BCUT2D eigenvalue weighted by Gasteiger charge is 2.36. The molecule has 0 spiro atoms. The first-order chi connectivity index (χ1) is 12.0. The quantitative estimate of drug-likeness (QED) is 0.799. The summed E-state index contributed by atoms with van der Waals surface area (Å²) >= 11 is 1.23. The lowest BCUT2D eigenvalue weighted by Gasteiger charge is -2.19. The highest BCUT2D eigenvalue weighted by Crippen LogP contribution is 2.37. The molecule has 1 aliphatic carbocycles. The normalized spacial score (nSPS) is 13.9. The Labute approximate surface area is 148 Å². The Hall–Kier alpha value is -2.26. The second kappa shape index (κ2) is 6.93. The van der Waals surface area contributed by atoms with Crippen LogP contribution in [0, 0.1) is 6.92 Å². The van der Waals surface area contributed by atoms with E-state index in [1.165, 1.54) is 23.3 Å². The lowest BCUT2D eigenvalue weighted by Crippen LogP contribution is -2.37. The molecule has 0 aromatic carbocycles. The van der Waals surface area contributed by atoms with Crippen LogP contribution in [0.25, 0.3) is 10.2 Å². The van der Waals surface area contributed by atoms with Gasteiger partial charge in [0, 0.05) is 13.2 Å². The van der Waals surface area contributed by atoms with E-state index in [1.54, 1.807) is 14.0 Å². The number of hydrogen-bond acceptors (Lipinski definition) is 7. The van der Waals surface area contributed by atoms with Crippen molar-refractivity contribution in [2.45, 2.75) is 32.4 Å². The van der Waals surface area contributed by atoms with Gasteiger partial charge in [-0.2, -0.15) is 4.98 Å². The number of carbonyl (C=O) groups excluding carboxylic acids is 1. The number of carboxylic acids is 1. The number of carboxylic acid groups (broad SMARTS) is 1. The SMILES string of the molecule is COCc1nc(OC)c2c(C)c(C(=O)N(CC(=O)O)C3CC3)sc2n1. The van der Waals surface area contributed by atoms with Gasteiger partial charge in [0.2, 0.25) is 5.88 Å². The van der Waals surface area contributed by atoms with Crippen molar-refractivity contribution in [2.24, 2.45) is 0 Å². The second-order valence-electron chi connectivity index (χ2n) is 5.88. The van der Waals surface area contributed by atoms with Crippen LogP contribution < -0.4 is 4.74 Å². The number of amides is 1. The number of fused-ring (bicyclic) bond motifs is 1. The van der Waals surface area contributed by atoms with Crippen molar-refractivity contribution in [2.75, 3.05) is 20.8 Å². The Morgan fingerprint density at radius 2 is 2.04 bits per heavy atom. The number of hydrogen-bond donors (Lipinski definition) is 1. The molecule has 0 saturated heterocycles. The van der Waals surface area contributed by atoms with Crippen LogP contribution in [0.15, 0.2) is 0 Å². The summed E-state index contributed by atoms with van der Waals surface area (Å²) in [5.74, 6) is -0.433. The molecule has 1 aliphatic rings. The van der Waals surface area contributed by atoms with Crippen molar-refractivity contribution in [1.29, 1.82) is 0 Å². The number of thiophene rings is 1. The molecule has 0 aliphatic heterocycles. The van der Waals surface area contributed by atoms with E-state index >= 15 is 0 Å². The van der Waals surface area contributed by atoms with E-state index in [0.29, 0.717) is 32.4 Å². The molecule has 3 rings (SSSR count). The van der Waals surface area contributed by atoms with Gasteiger partial charge in [-0.3, -0.25) is 9.59 Å². The minimum absolute atomic E-state index is 0.00486. The van der Waals surface area contributed by atoms with Crippen LogP contribution in [0.4, 0.5) is 0 Å². The van der Waals surface area contributed by atoms with Gasteiger partial charge in [-0.1, -0.05) is 0 Å². The maximum atomic E-state index is 12.9. The number of methoxy groups -OCH3 is 2. The summed E-state index contributed by atoms with van der Waals surface area (Å²) in [5, 5.41) is 9.78. The zero-order chi connectivity index (χ0) is 18.1. The van der Waals surface area contributed by atoms with E-state index < -0.39 is 5.97 Å². The summed E-state index contributed by atoms with van der Waals surface area (Å²) in [6, 6.07) is 0.00486. The Bertz CT molecular complexity index is 831.